The number of rotatable bonds is 9. The number of halogens is 3. The van der Waals surface area contributed by atoms with Crippen LogP contribution in [-0.4, -0.2) is 108 Å². The second kappa shape index (κ2) is 14.7. The molecule has 310 valence electrons. The molecule has 9 rings (SSSR count). The summed E-state index contributed by atoms with van der Waals surface area (Å²) in [6, 6.07) is 9.92. The molecule has 1 atom stereocenters. The number of piperidine rings is 2. The molecule has 59 heavy (non-hydrogen) atoms. The van der Waals surface area contributed by atoms with Gasteiger partial charge in [-0.3, -0.25) is 34.4 Å². The molecule has 2 aromatic heterocycles. The van der Waals surface area contributed by atoms with Gasteiger partial charge in [0.2, 0.25) is 11.8 Å². The van der Waals surface area contributed by atoms with Crippen LogP contribution in [0.2, 0.25) is 0 Å². The summed E-state index contributed by atoms with van der Waals surface area (Å²) < 4.78 is 53.9. The number of pyridine rings is 2. The standard InChI is InChI=1S/C43H46F3N7O6/c1-49-21-32(30-15-37(43(44,45)46)47-16-31(30)40(49)56)27-12-35(58-2)33(36(13-27)59-3)22-51-18-25(19-51)17-50-10-8-42(9-11-50)23-52(24-42)28-5-4-26-20-53(41(57)29(26)14-28)34-6-7-38(54)48-39(34)55/h4-5,12-16,21,25,34H,6-11,17-20,22-24H2,1-3H3,(H,48,54,55). The van der Waals surface area contributed by atoms with Gasteiger partial charge in [0.1, 0.15) is 23.2 Å². The lowest BCUT2D eigenvalue weighted by atomic mass is 9.71. The Morgan fingerprint density at radius 2 is 1.63 bits per heavy atom. The van der Waals surface area contributed by atoms with Crippen LogP contribution in [0.5, 0.6) is 11.5 Å². The number of aromatic nitrogens is 2. The van der Waals surface area contributed by atoms with Crippen LogP contribution in [0.1, 0.15) is 52.9 Å². The first-order valence-corrected chi connectivity index (χ1v) is 20.0. The molecular weight excluding hydrogens is 768 g/mol. The van der Waals surface area contributed by atoms with Crippen LogP contribution in [-0.2, 0) is 35.9 Å². The predicted molar refractivity (Wildman–Crippen MR) is 212 cm³/mol. The number of hydrogen-bond acceptors (Lipinski definition) is 10. The van der Waals surface area contributed by atoms with Crippen LogP contribution in [0, 0.1) is 11.3 Å². The predicted octanol–water partition coefficient (Wildman–Crippen LogP) is 4.43. The Kier molecular flexibility index (Phi) is 9.69. The number of benzene rings is 2. The molecule has 7 heterocycles. The molecule has 0 saturated carbocycles. The van der Waals surface area contributed by atoms with Gasteiger partial charge in [-0.05, 0) is 79.7 Å². The van der Waals surface area contributed by atoms with E-state index < -0.39 is 29.4 Å². The third-order valence-corrected chi connectivity index (χ3v) is 13.1. The molecule has 1 spiro atoms. The Balaban J connectivity index is 0.789. The summed E-state index contributed by atoms with van der Waals surface area (Å²) in [5.74, 6) is 0.778. The van der Waals surface area contributed by atoms with Crippen molar-refractivity contribution in [3.63, 3.8) is 0 Å². The molecule has 13 nitrogen and oxygen atoms in total. The molecule has 4 fully saturated rings. The number of fused-ring (bicyclic) bond motifs is 2. The maximum atomic E-state index is 13.6. The normalized spacial score (nSPS) is 21.1. The molecule has 5 aliphatic rings. The van der Waals surface area contributed by atoms with Gasteiger partial charge < -0.3 is 28.7 Å². The SMILES string of the molecule is COc1cc(-c2cn(C)c(=O)c3cnc(C(F)(F)F)cc23)cc(OC)c1CN1CC(CN2CCC3(CC2)CN(c2ccc4c(c2)C(=O)N(C2CCC(=O)NC2=O)C4)C3)C1. The van der Waals surface area contributed by atoms with Crippen molar-refractivity contribution < 1.29 is 37.0 Å². The zero-order valence-electron chi connectivity index (χ0n) is 33.2. The number of hydrogen-bond donors (Lipinski definition) is 1. The molecule has 0 radical (unpaired) electrons. The van der Waals surface area contributed by atoms with E-state index in [1.807, 2.05) is 12.1 Å². The van der Waals surface area contributed by atoms with E-state index in [9.17, 15) is 32.3 Å². The third kappa shape index (κ3) is 7.09. The zero-order valence-corrected chi connectivity index (χ0v) is 33.2. The number of anilines is 1. The fourth-order valence-electron chi connectivity index (χ4n) is 9.76. The molecule has 3 amide bonds. The maximum Gasteiger partial charge on any atom is 0.433 e. The second-order valence-corrected chi connectivity index (χ2v) is 16.9. The number of nitrogens with zero attached hydrogens (tertiary/aromatic N) is 6. The van der Waals surface area contributed by atoms with Crippen LogP contribution < -0.4 is 25.2 Å². The Morgan fingerprint density at radius 3 is 2.29 bits per heavy atom. The van der Waals surface area contributed by atoms with Crippen LogP contribution in [0.3, 0.4) is 0 Å². The smallest absolute Gasteiger partial charge is 0.433 e. The third-order valence-electron chi connectivity index (χ3n) is 13.1. The minimum atomic E-state index is -4.67. The van der Waals surface area contributed by atoms with Crippen molar-refractivity contribution in [3.8, 4) is 22.6 Å². The highest BCUT2D eigenvalue weighted by atomic mass is 19.4. The van der Waals surface area contributed by atoms with Gasteiger partial charge in [-0.15, -0.1) is 0 Å². The van der Waals surface area contributed by atoms with Crippen molar-refractivity contribution in [2.24, 2.45) is 18.4 Å². The molecule has 5 aliphatic heterocycles. The van der Waals surface area contributed by atoms with Gasteiger partial charge in [-0.25, -0.2) is 0 Å². The van der Waals surface area contributed by atoms with E-state index in [0.29, 0.717) is 53.6 Å². The minimum absolute atomic E-state index is 0.0849. The van der Waals surface area contributed by atoms with E-state index in [1.165, 1.54) is 10.8 Å². The summed E-state index contributed by atoms with van der Waals surface area (Å²) in [6.45, 7) is 7.80. The van der Waals surface area contributed by atoms with Gasteiger partial charge in [0.05, 0.1) is 25.2 Å². The highest BCUT2D eigenvalue weighted by Gasteiger charge is 2.46. The summed E-state index contributed by atoms with van der Waals surface area (Å²) in [6.07, 6.45) is 0.667. The van der Waals surface area contributed by atoms with Gasteiger partial charge in [-0.1, -0.05) is 6.07 Å². The number of likely N-dealkylation sites (tertiary alicyclic amines) is 2. The van der Waals surface area contributed by atoms with E-state index >= 15 is 0 Å². The molecule has 16 heteroatoms. The summed E-state index contributed by atoms with van der Waals surface area (Å²) in [7, 11) is 4.67. The summed E-state index contributed by atoms with van der Waals surface area (Å²) >= 11 is 0. The molecular formula is C43H46F3N7O6. The van der Waals surface area contributed by atoms with Gasteiger partial charge >= 0.3 is 6.18 Å². The van der Waals surface area contributed by atoms with E-state index in [1.54, 1.807) is 38.3 Å². The number of methoxy groups -OCH3 is 2. The highest BCUT2D eigenvalue weighted by Crippen LogP contribution is 2.44. The van der Waals surface area contributed by atoms with Crippen LogP contribution in [0.15, 0.2) is 53.6 Å². The number of amides is 3. The molecule has 4 saturated heterocycles. The highest BCUT2D eigenvalue weighted by molar-refractivity contribution is 6.05. The van der Waals surface area contributed by atoms with E-state index in [-0.39, 0.29) is 34.4 Å². The molecule has 4 aromatic rings. The number of alkyl halides is 3. The van der Waals surface area contributed by atoms with E-state index in [2.05, 4.69) is 31.1 Å². The van der Waals surface area contributed by atoms with E-state index in [4.69, 9.17) is 9.47 Å². The fraction of sp³-hybridized carbons (Fsp3) is 0.465. The quantitative estimate of drug-likeness (QED) is 0.243. The van der Waals surface area contributed by atoms with Crippen molar-refractivity contribution in [2.45, 2.75) is 51.0 Å². The minimum Gasteiger partial charge on any atom is -0.496 e. The number of imide groups is 1. The summed E-state index contributed by atoms with van der Waals surface area (Å²) in [5.41, 5.74) is 3.17. The lowest BCUT2D eigenvalue weighted by Gasteiger charge is -2.55. The second-order valence-electron chi connectivity index (χ2n) is 16.9. The first-order valence-electron chi connectivity index (χ1n) is 20.0. The summed E-state index contributed by atoms with van der Waals surface area (Å²) in [5, 5.41) is 2.60. The average molecular weight is 814 g/mol. The molecule has 2 aromatic carbocycles. The van der Waals surface area contributed by atoms with Crippen molar-refractivity contribution in [1.29, 1.82) is 0 Å². The van der Waals surface area contributed by atoms with Crippen molar-refractivity contribution in [3.05, 3.63) is 81.5 Å². The molecule has 0 aliphatic carbocycles. The number of aryl methyl sites for hydroxylation is 1. The zero-order chi connectivity index (χ0) is 41.4. The molecule has 0 bridgehead atoms. The van der Waals surface area contributed by atoms with Crippen LogP contribution in [0.25, 0.3) is 21.9 Å². The first kappa shape index (κ1) is 39.0. The van der Waals surface area contributed by atoms with E-state index in [0.717, 1.165) is 87.7 Å². The Morgan fingerprint density at radius 1 is 0.915 bits per heavy atom. The largest absolute Gasteiger partial charge is 0.496 e. The van der Waals surface area contributed by atoms with Crippen molar-refractivity contribution in [1.82, 2.24) is 29.6 Å². The monoisotopic (exact) mass is 813 g/mol. The number of carbonyl (C=O) groups excluding carboxylic acids is 3. The molecule has 1 N–H and O–H groups in total. The Hall–Kier alpha value is -5.48. The van der Waals surface area contributed by atoms with Gasteiger partial charge in [0, 0.05) is 99.3 Å². The van der Waals surface area contributed by atoms with Crippen LogP contribution in [0.4, 0.5) is 18.9 Å². The van der Waals surface area contributed by atoms with Crippen molar-refractivity contribution >= 4 is 34.2 Å². The lowest BCUT2D eigenvalue weighted by molar-refractivity contribution is -0.141. The maximum absolute atomic E-state index is 13.6. The first-order chi connectivity index (χ1) is 28.2. The van der Waals surface area contributed by atoms with Gasteiger partial charge in [-0.2, -0.15) is 13.2 Å². The fourth-order valence-corrected chi connectivity index (χ4v) is 9.76. The number of nitrogens with one attached hydrogen (secondary N) is 1. The van der Waals surface area contributed by atoms with Crippen LogP contribution >= 0.6 is 0 Å². The van der Waals surface area contributed by atoms with Gasteiger partial charge in [0.15, 0.2) is 0 Å². The Labute approximate surface area is 338 Å². The number of ether oxygens (including phenoxy) is 2. The van der Waals surface area contributed by atoms with Crippen molar-refractivity contribution in [2.75, 3.05) is 64.9 Å². The average Bonchev–Trinajstić information content (AvgIpc) is 3.51. The van der Waals surface area contributed by atoms with Gasteiger partial charge in [0.25, 0.3) is 11.5 Å². The Bertz CT molecular complexity index is 2410. The number of carbonyl (C=O) groups is 3. The molecule has 1 unspecified atom stereocenters. The topological polar surface area (TPSA) is 130 Å². The summed E-state index contributed by atoms with van der Waals surface area (Å²) in [4.78, 5) is 62.7. The lowest BCUT2D eigenvalue weighted by Crippen LogP contribution is -2.61.